The fourth-order valence-electron chi connectivity index (χ4n) is 2.77. The second kappa shape index (κ2) is 5.46. The number of hydrogen-bond acceptors (Lipinski definition) is 4. The van der Waals surface area contributed by atoms with E-state index in [2.05, 4.69) is 33.2 Å². The summed E-state index contributed by atoms with van der Waals surface area (Å²) in [5.41, 5.74) is 2.44. The highest BCUT2D eigenvalue weighted by molar-refractivity contribution is 7.87. The Kier molecular flexibility index (Phi) is 4.22. The monoisotopic (exact) mass is 300 g/mol. The van der Waals surface area contributed by atoms with Gasteiger partial charge in [0.05, 0.1) is 6.04 Å². The van der Waals surface area contributed by atoms with E-state index in [0.717, 1.165) is 12.3 Å². The average Bonchev–Trinajstić information content (AvgIpc) is 2.67. The van der Waals surface area contributed by atoms with E-state index in [0.29, 0.717) is 6.54 Å². The van der Waals surface area contributed by atoms with Crippen molar-refractivity contribution in [2.24, 2.45) is 4.99 Å². The minimum atomic E-state index is -3.44. The summed E-state index contributed by atoms with van der Waals surface area (Å²) < 4.78 is 29.2. The molecule has 2 N–H and O–H groups in total. The van der Waals surface area contributed by atoms with Crippen LogP contribution in [0.25, 0.3) is 0 Å². The first kappa shape index (κ1) is 15.5. The number of hydrogen-bond donors (Lipinski definition) is 2. The van der Waals surface area contributed by atoms with Crippen LogP contribution in [0, 0.1) is 0 Å². The van der Waals surface area contributed by atoms with Gasteiger partial charge in [-0.15, -0.1) is 0 Å². The second-order valence-electron chi connectivity index (χ2n) is 5.89. The van der Waals surface area contributed by atoms with E-state index in [1.165, 1.54) is 11.3 Å². The van der Waals surface area contributed by atoms with Crippen molar-refractivity contribution < 1.29 is 8.42 Å². The van der Waals surface area contributed by atoms with E-state index in [4.69, 9.17) is 0 Å². The van der Waals surface area contributed by atoms with Crippen LogP contribution in [0.15, 0.2) is 16.3 Å². The highest BCUT2D eigenvalue weighted by Crippen LogP contribution is 2.31. The Morgan fingerprint density at radius 2 is 2.00 bits per heavy atom. The van der Waals surface area contributed by atoms with Gasteiger partial charge < -0.3 is 4.90 Å². The van der Waals surface area contributed by atoms with Crippen molar-refractivity contribution in [2.45, 2.75) is 59.2 Å². The normalized spacial score (nSPS) is 27.1. The number of amidine groups is 1. The zero-order chi connectivity index (χ0) is 15.1. The molecule has 0 spiro atoms. The second-order valence-corrected chi connectivity index (χ2v) is 7.37. The molecule has 0 amide bonds. The third-order valence-corrected chi connectivity index (χ3v) is 5.16. The van der Waals surface area contributed by atoms with Crippen LogP contribution in [-0.2, 0) is 10.2 Å². The summed E-state index contributed by atoms with van der Waals surface area (Å²) >= 11 is 0. The van der Waals surface area contributed by atoms with Crippen molar-refractivity contribution in [3.63, 3.8) is 0 Å². The maximum absolute atomic E-state index is 11.9. The maximum Gasteiger partial charge on any atom is 0.277 e. The van der Waals surface area contributed by atoms with Crippen LogP contribution in [0.3, 0.4) is 0 Å². The molecule has 0 aromatic heterocycles. The molecular weight excluding hydrogens is 276 g/mol. The zero-order valence-electron chi connectivity index (χ0n) is 12.8. The molecule has 0 aromatic carbocycles. The van der Waals surface area contributed by atoms with Crippen molar-refractivity contribution in [1.82, 2.24) is 14.3 Å². The molecule has 20 heavy (non-hydrogen) atoms. The quantitative estimate of drug-likeness (QED) is 0.813. The van der Waals surface area contributed by atoms with E-state index >= 15 is 0 Å². The molecule has 0 saturated carbocycles. The first-order valence-electron chi connectivity index (χ1n) is 7.00. The molecule has 0 aromatic rings. The Balaban J connectivity index is 2.11. The molecule has 2 unspecified atom stereocenters. The van der Waals surface area contributed by atoms with Crippen molar-refractivity contribution in [3.05, 3.63) is 11.3 Å². The van der Waals surface area contributed by atoms with Crippen LogP contribution in [-0.4, -0.2) is 43.8 Å². The van der Waals surface area contributed by atoms with E-state index in [-0.39, 0.29) is 18.1 Å². The van der Waals surface area contributed by atoms with Crippen LogP contribution >= 0.6 is 0 Å². The fourth-order valence-corrected chi connectivity index (χ4v) is 4.06. The summed E-state index contributed by atoms with van der Waals surface area (Å²) in [5.74, 6) is 0.969. The van der Waals surface area contributed by atoms with Gasteiger partial charge in [-0.1, -0.05) is 0 Å². The average molecular weight is 300 g/mol. The standard InChI is InChI=1S/C13H24N4O2S/c1-8(2)15-20(18,19)16-12-6-13-9(3)10(4)14-11(5)17(13)7-12/h8,10,12,15-16H,6-7H2,1-5H3. The third kappa shape index (κ3) is 3.21. The predicted molar refractivity (Wildman–Crippen MR) is 80.7 cm³/mol. The SMILES string of the molecule is CC1=NC(C)C(C)=C2CC(NS(=O)(=O)NC(C)C)CN12. The summed E-state index contributed by atoms with van der Waals surface area (Å²) in [4.78, 5) is 6.70. The van der Waals surface area contributed by atoms with Crippen LogP contribution in [0.4, 0.5) is 0 Å². The fraction of sp³-hybridized carbons (Fsp3) is 0.769. The van der Waals surface area contributed by atoms with Gasteiger partial charge >= 0.3 is 0 Å². The van der Waals surface area contributed by atoms with Gasteiger partial charge in [0.2, 0.25) is 0 Å². The predicted octanol–water partition coefficient (Wildman–Crippen LogP) is 0.988. The molecule has 0 radical (unpaired) electrons. The molecule has 2 atom stereocenters. The molecule has 2 heterocycles. The van der Waals surface area contributed by atoms with Crippen LogP contribution in [0.2, 0.25) is 0 Å². The van der Waals surface area contributed by atoms with Gasteiger partial charge in [-0.05, 0) is 40.2 Å². The van der Waals surface area contributed by atoms with Crippen molar-refractivity contribution >= 4 is 16.0 Å². The Morgan fingerprint density at radius 1 is 1.35 bits per heavy atom. The lowest BCUT2D eigenvalue weighted by Gasteiger charge is -2.28. The first-order chi connectivity index (χ1) is 9.19. The summed E-state index contributed by atoms with van der Waals surface area (Å²) in [7, 11) is -3.44. The lowest BCUT2D eigenvalue weighted by atomic mass is 10.0. The number of nitrogens with one attached hydrogen (secondary N) is 2. The van der Waals surface area contributed by atoms with Gasteiger partial charge in [0.25, 0.3) is 10.2 Å². The Labute approximate surface area is 121 Å². The number of aliphatic imine (C=N–C) groups is 1. The molecule has 2 aliphatic rings. The van der Waals surface area contributed by atoms with Gasteiger partial charge in [-0.3, -0.25) is 4.99 Å². The highest BCUT2D eigenvalue weighted by Gasteiger charge is 2.35. The van der Waals surface area contributed by atoms with Gasteiger partial charge in [0.1, 0.15) is 5.84 Å². The molecule has 6 nitrogen and oxygen atoms in total. The maximum atomic E-state index is 11.9. The minimum absolute atomic E-state index is 0.105. The van der Waals surface area contributed by atoms with Gasteiger partial charge in [0, 0.05) is 30.7 Å². The van der Waals surface area contributed by atoms with Crippen molar-refractivity contribution in [1.29, 1.82) is 0 Å². The topological polar surface area (TPSA) is 73.8 Å². The minimum Gasteiger partial charge on any atom is -0.332 e. The molecular formula is C13H24N4O2S. The number of nitrogens with zero attached hydrogens (tertiary/aromatic N) is 2. The van der Waals surface area contributed by atoms with Crippen molar-refractivity contribution in [3.8, 4) is 0 Å². The molecule has 0 bridgehead atoms. The molecule has 2 rings (SSSR count). The largest absolute Gasteiger partial charge is 0.332 e. The van der Waals surface area contributed by atoms with Gasteiger partial charge in [-0.25, -0.2) is 0 Å². The lowest BCUT2D eigenvalue weighted by molar-refractivity contribution is 0.502. The zero-order valence-corrected chi connectivity index (χ0v) is 13.6. The van der Waals surface area contributed by atoms with Crippen LogP contribution in [0.5, 0.6) is 0 Å². The van der Waals surface area contributed by atoms with E-state index in [9.17, 15) is 8.42 Å². The number of fused-ring (bicyclic) bond motifs is 1. The smallest absolute Gasteiger partial charge is 0.277 e. The molecule has 7 heteroatoms. The highest BCUT2D eigenvalue weighted by atomic mass is 32.2. The Bertz CT molecular complexity index is 551. The molecule has 0 aliphatic carbocycles. The molecule has 1 saturated heterocycles. The van der Waals surface area contributed by atoms with Gasteiger partial charge in [0.15, 0.2) is 0 Å². The first-order valence-corrected chi connectivity index (χ1v) is 8.49. The summed E-state index contributed by atoms with van der Waals surface area (Å²) in [6.07, 6.45) is 0.724. The summed E-state index contributed by atoms with van der Waals surface area (Å²) in [6.45, 7) is 10.4. The van der Waals surface area contributed by atoms with E-state index in [1.807, 2.05) is 20.8 Å². The van der Waals surface area contributed by atoms with Crippen LogP contribution < -0.4 is 9.44 Å². The van der Waals surface area contributed by atoms with Crippen molar-refractivity contribution in [2.75, 3.05) is 6.54 Å². The summed E-state index contributed by atoms with van der Waals surface area (Å²) in [6, 6.07) is -0.0298. The third-order valence-electron chi connectivity index (χ3n) is 3.73. The Morgan fingerprint density at radius 3 is 2.60 bits per heavy atom. The number of rotatable bonds is 4. The van der Waals surface area contributed by atoms with E-state index < -0.39 is 10.2 Å². The Hall–Kier alpha value is -0.920. The summed E-state index contributed by atoms with van der Waals surface area (Å²) in [5, 5.41) is 0. The molecule has 1 fully saturated rings. The van der Waals surface area contributed by atoms with E-state index in [1.54, 1.807) is 0 Å². The van der Waals surface area contributed by atoms with Crippen LogP contribution in [0.1, 0.15) is 41.0 Å². The lowest BCUT2D eigenvalue weighted by Crippen LogP contribution is -2.46. The molecule has 2 aliphatic heterocycles. The van der Waals surface area contributed by atoms with Gasteiger partial charge in [-0.2, -0.15) is 17.9 Å². The molecule has 114 valence electrons.